The summed E-state index contributed by atoms with van der Waals surface area (Å²) in [6, 6.07) is 14.1. The normalized spacial score (nSPS) is 20.7. The number of hydrogen-bond donors (Lipinski definition) is 2. The molecule has 0 bridgehead atoms. The van der Waals surface area contributed by atoms with Crippen LogP contribution in [0.1, 0.15) is 41.2 Å². The summed E-state index contributed by atoms with van der Waals surface area (Å²) in [5.74, 6) is -0.274. The molecule has 2 heterocycles. The van der Waals surface area contributed by atoms with Crippen molar-refractivity contribution in [1.29, 1.82) is 0 Å². The monoisotopic (exact) mass is 426 g/mol. The first kappa shape index (κ1) is 21.3. The van der Waals surface area contributed by atoms with E-state index in [2.05, 4.69) is 10.9 Å². The number of anilines is 1. The van der Waals surface area contributed by atoms with Gasteiger partial charge in [-0.25, -0.2) is 9.18 Å². The summed E-state index contributed by atoms with van der Waals surface area (Å²) in [4.78, 5) is 27.6. The summed E-state index contributed by atoms with van der Waals surface area (Å²) in [5, 5.41) is 0. The topological polar surface area (TPSA) is 73.9 Å². The highest BCUT2D eigenvalue weighted by Gasteiger charge is 2.25. The minimum Gasteiger partial charge on any atom is -0.447 e. The van der Waals surface area contributed by atoms with E-state index in [1.807, 2.05) is 0 Å². The lowest BCUT2D eigenvalue weighted by molar-refractivity contribution is 0.0791. The SMILES string of the molecule is CN(CCCC1CC(c2ccc(F)cc2)NN1)C(=O)c1ccc(N2CCOC2=O)cc1. The van der Waals surface area contributed by atoms with Gasteiger partial charge in [0, 0.05) is 36.9 Å². The Hall–Kier alpha value is -2.97. The third-order valence-electron chi connectivity index (χ3n) is 5.83. The van der Waals surface area contributed by atoms with Gasteiger partial charge in [0.15, 0.2) is 0 Å². The van der Waals surface area contributed by atoms with E-state index in [1.165, 1.54) is 12.1 Å². The van der Waals surface area contributed by atoms with Gasteiger partial charge >= 0.3 is 6.09 Å². The highest BCUT2D eigenvalue weighted by Crippen LogP contribution is 2.24. The molecule has 2 amide bonds. The summed E-state index contributed by atoms with van der Waals surface area (Å²) in [5.41, 5.74) is 8.96. The zero-order valence-electron chi connectivity index (χ0n) is 17.5. The number of cyclic esters (lactones) is 1. The molecule has 0 aliphatic carbocycles. The third kappa shape index (κ3) is 5.03. The van der Waals surface area contributed by atoms with Gasteiger partial charge in [-0.1, -0.05) is 12.1 Å². The van der Waals surface area contributed by atoms with E-state index in [9.17, 15) is 14.0 Å². The molecular formula is C23H27FN4O3. The average Bonchev–Trinajstić information content (AvgIpc) is 3.43. The van der Waals surface area contributed by atoms with Crippen LogP contribution < -0.4 is 15.8 Å². The summed E-state index contributed by atoms with van der Waals surface area (Å²) in [7, 11) is 1.80. The van der Waals surface area contributed by atoms with Crippen LogP contribution in [0, 0.1) is 5.82 Å². The minimum atomic E-state index is -0.354. The largest absolute Gasteiger partial charge is 0.447 e. The van der Waals surface area contributed by atoms with Crippen LogP contribution in [0.3, 0.4) is 0 Å². The van der Waals surface area contributed by atoms with Gasteiger partial charge in [0.1, 0.15) is 12.4 Å². The number of hydrazine groups is 1. The van der Waals surface area contributed by atoms with E-state index in [-0.39, 0.29) is 23.9 Å². The summed E-state index contributed by atoms with van der Waals surface area (Å²) < 4.78 is 18.0. The van der Waals surface area contributed by atoms with Crippen molar-refractivity contribution in [3.63, 3.8) is 0 Å². The van der Waals surface area contributed by atoms with E-state index >= 15 is 0 Å². The number of halogens is 1. The van der Waals surface area contributed by atoms with Crippen LogP contribution in [0.2, 0.25) is 0 Å². The molecule has 31 heavy (non-hydrogen) atoms. The number of nitrogens with zero attached hydrogens (tertiary/aromatic N) is 2. The van der Waals surface area contributed by atoms with Crippen LogP contribution in [0.5, 0.6) is 0 Å². The summed E-state index contributed by atoms with van der Waals surface area (Å²) in [6.45, 7) is 1.56. The zero-order valence-corrected chi connectivity index (χ0v) is 17.5. The van der Waals surface area contributed by atoms with E-state index in [0.29, 0.717) is 31.3 Å². The van der Waals surface area contributed by atoms with Gasteiger partial charge in [-0.2, -0.15) is 0 Å². The Labute approximate surface area is 181 Å². The molecule has 2 atom stereocenters. The summed E-state index contributed by atoms with van der Waals surface area (Å²) >= 11 is 0. The van der Waals surface area contributed by atoms with E-state index in [4.69, 9.17) is 4.74 Å². The first-order valence-corrected chi connectivity index (χ1v) is 10.6. The molecule has 0 saturated carbocycles. The maximum atomic E-state index is 13.1. The first-order valence-electron chi connectivity index (χ1n) is 10.6. The van der Waals surface area contributed by atoms with Crippen LogP contribution >= 0.6 is 0 Å². The molecule has 0 aromatic heterocycles. The Bertz CT molecular complexity index is 919. The van der Waals surface area contributed by atoms with Crippen LogP contribution in [0.25, 0.3) is 0 Å². The average molecular weight is 426 g/mol. The molecule has 2 aliphatic heterocycles. The van der Waals surface area contributed by atoms with Crippen LogP contribution in [0.4, 0.5) is 14.9 Å². The van der Waals surface area contributed by atoms with Crippen molar-refractivity contribution in [2.45, 2.75) is 31.3 Å². The minimum absolute atomic E-state index is 0.0442. The van der Waals surface area contributed by atoms with Crippen LogP contribution in [-0.2, 0) is 4.74 Å². The number of benzene rings is 2. The predicted molar refractivity (Wildman–Crippen MR) is 115 cm³/mol. The fraction of sp³-hybridized carbons (Fsp3) is 0.391. The molecule has 8 heteroatoms. The predicted octanol–water partition coefficient (Wildman–Crippen LogP) is 3.24. The van der Waals surface area contributed by atoms with Crippen molar-refractivity contribution >= 4 is 17.7 Å². The van der Waals surface area contributed by atoms with Crippen molar-refractivity contribution in [3.05, 3.63) is 65.5 Å². The summed E-state index contributed by atoms with van der Waals surface area (Å²) in [6.07, 6.45) is 2.37. The van der Waals surface area contributed by atoms with Gasteiger partial charge < -0.3 is 9.64 Å². The number of ether oxygens (including phenoxy) is 1. The lowest BCUT2D eigenvalue weighted by Crippen LogP contribution is -2.32. The quantitative estimate of drug-likeness (QED) is 0.711. The zero-order chi connectivity index (χ0) is 21.8. The van der Waals surface area contributed by atoms with Gasteiger partial charge in [-0.05, 0) is 61.2 Å². The van der Waals surface area contributed by atoms with Crippen molar-refractivity contribution in [3.8, 4) is 0 Å². The number of carbonyl (C=O) groups is 2. The number of carbonyl (C=O) groups excluding carboxylic acids is 2. The Kier molecular flexibility index (Phi) is 6.48. The van der Waals surface area contributed by atoms with Crippen LogP contribution in [-0.4, -0.2) is 49.7 Å². The first-order chi connectivity index (χ1) is 15.0. The molecule has 0 radical (unpaired) electrons. The molecule has 2 fully saturated rings. The van der Waals surface area contributed by atoms with E-state index in [1.54, 1.807) is 53.2 Å². The van der Waals surface area contributed by atoms with Gasteiger partial charge in [0.25, 0.3) is 5.91 Å². The molecule has 4 rings (SSSR count). The number of rotatable bonds is 7. The Morgan fingerprint density at radius 3 is 2.58 bits per heavy atom. The third-order valence-corrected chi connectivity index (χ3v) is 5.83. The fourth-order valence-corrected chi connectivity index (χ4v) is 4.03. The van der Waals surface area contributed by atoms with Gasteiger partial charge in [0.2, 0.25) is 0 Å². The van der Waals surface area contributed by atoms with Crippen molar-refractivity contribution < 1.29 is 18.7 Å². The maximum absolute atomic E-state index is 13.1. The molecule has 2 saturated heterocycles. The molecular weight excluding hydrogens is 399 g/mol. The van der Waals surface area contributed by atoms with Gasteiger partial charge in [-0.15, -0.1) is 0 Å². The van der Waals surface area contributed by atoms with Crippen molar-refractivity contribution in [2.24, 2.45) is 0 Å². The molecule has 2 aromatic carbocycles. The highest BCUT2D eigenvalue weighted by atomic mass is 19.1. The molecule has 2 unspecified atom stereocenters. The van der Waals surface area contributed by atoms with E-state index < -0.39 is 0 Å². The number of nitrogens with one attached hydrogen (secondary N) is 2. The molecule has 7 nitrogen and oxygen atoms in total. The maximum Gasteiger partial charge on any atom is 0.414 e. The second-order valence-electron chi connectivity index (χ2n) is 8.01. The second kappa shape index (κ2) is 9.45. The lowest BCUT2D eigenvalue weighted by Gasteiger charge is -2.19. The van der Waals surface area contributed by atoms with Gasteiger partial charge in [-0.3, -0.25) is 20.5 Å². The molecule has 2 aliphatic rings. The smallest absolute Gasteiger partial charge is 0.414 e. The van der Waals surface area contributed by atoms with Crippen LogP contribution in [0.15, 0.2) is 48.5 Å². The lowest BCUT2D eigenvalue weighted by atomic mass is 9.99. The van der Waals surface area contributed by atoms with Crippen molar-refractivity contribution in [2.75, 3.05) is 31.6 Å². The molecule has 0 spiro atoms. The molecule has 164 valence electrons. The molecule has 2 N–H and O–H groups in total. The number of hydrogen-bond acceptors (Lipinski definition) is 5. The Morgan fingerprint density at radius 2 is 1.90 bits per heavy atom. The van der Waals surface area contributed by atoms with Gasteiger partial charge in [0.05, 0.1) is 6.54 Å². The Balaban J connectivity index is 1.22. The molecule has 2 aromatic rings. The highest BCUT2D eigenvalue weighted by molar-refractivity contribution is 5.95. The Morgan fingerprint density at radius 1 is 1.16 bits per heavy atom. The fourth-order valence-electron chi connectivity index (χ4n) is 4.03. The number of amides is 2. The van der Waals surface area contributed by atoms with E-state index in [0.717, 1.165) is 30.5 Å². The second-order valence-corrected chi connectivity index (χ2v) is 8.01. The standard InChI is InChI=1S/C23H27FN4O3/c1-27(22(29)17-6-10-20(11-7-17)28-13-14-31-23(28)30)12-2-3-19-15-21(26-25-19)16-4-8-18(24)9-5-16/h4-11,19,21,25-26H,2-3,12-15H2,1H3. The van der Waals surface area contributed by atoms with Crippen molar-refractivity contribution in [1.82, 2.24) is 15.8 Å².